The highest BCUT2D eigenvalue weighted by Gasteiger charge is 2.19. The van der Waals surface area contributed by atoms with Crippen LogP contribution in [0.3, 0.4) is 0 Å². The first-order valence-electron chi connectivity index (χ1n) is 9.58. The summed E-state index contributed by atoms with van der Waals surface area (Å²) < 4.78 is 12.3. The van der Waals surface area contributed by atoms with Gasteiger partial charge in [-0.1, -0.05) is 24.6 Å². The van der Waals surface area contributed by atoms with Crippen LogP contribution in [0.15, 0.2) is 23.4 Å². The molecule has 1 saturated carbocycles. The maximum Gasteiger partial charge on any atom is 0.251 e. The molecule has 1 aliphatic heterocycles. The summed E-state index contributed by atoms with van der Waals surface area (Å²) in [4.78, 5) is 24.5. The maximum atomic E-state index is 12.4. The monoisotopic (exact) mass is 417 g/mol. The van der Waals surface area contributed by atoms with E-state index < -0.39 is 0 Å². The van der Waals surface area contributed by atoms with Crippen molar-refractivity contribution in [2.75, 3.05) is 12.5 Å². The molecular formula is C19H23N5O4S. The van der Waals surface area contributed by atoms with Crippen LogP contribution >= 0.6 is 11.8 Å². The molecular weight excluding hydrogens is 394 g/mol. The molecule has 1 aromatic carbocycles. The Labute approximate surface area is 172 Å². The maximum absolute atomic E-state index is 12.4. The molecule has 1 fully saturated rings. The number of carbonyl (C=O) groups excluding carboxylic acids is 2. The summed E-state index contributed by atoms with van der Waals surface area (Å²) in [7, 11) is 1.82. The third-order valence-electron chi connectivity index (χ3n) is 5.02. The van der Waals surface area contributed by atoms with Crippen LogP contribution in [0.2, 0.25) is 0 Å². The Bertz CT molecular complexity index is 910. The summed E-state index contributed by atoms with van der Waals surface area (Å²) in [5.74, 6) is 1.88. The van der Waals surface area contributed by atoms with Gasteiger partial charge in [0.05, 0.1) is 12.3 Å². The van der Waals surface area contributed by atoms with Gasteiger partial charge >= 0.3 is 0 Å². The largest absolute Gasteiger partial charge is 0.454 e. The first kappa shape index (κ1) is 19.6. The second-order valence-corrected chi connectivity index (χ2v) is 7.99. The topological polar surface area (TPSA) is 107 Å². The quantitative estimate of drug-likeness (QED) is 0.659. The lowest BCUT2D eigenvalue weighted by atomic mass is 10.2. The Morgan fingerprint density at radius 2 is 2.00 bits per heavy atom. The van der Waals surface area contributed by atoms with E-state index in [4.69, 9.17) is 9.47 Å². The van der Waals surface area contributed by atoms with Gasteiger partial charge in [0, 0.05) is 18.7 Å². The smallest absolute Gasteiger partial charge is 0.251 e. The van der Waals surface area contributed by atoms with Gasteiger partial charge in [-0.3, -0.25) is 9.59 Å². The van der Waals surface area contributed by atoms with Gasteiger partial charge in [0.25, 0.3) is 5.91 Å². The zero-order valence-electron chi connectivity index (χ0n) is 16.1. The van der Waals surface area contributed by atoms with Gasteiger partial charge in [-0.15, -0.1) is 10.2 Å². The average Bonchev–Trinajstić information content (AvgIpc) is 3.46. The molecule has 2 N–H and O–H groups in total. The van der Waals surface area contributed by atoms with Crippen LogP contribution in [-0.2, 0) is 18.4 Å². The lowest BCUT2D eigenvalue weighted by Crippen LogP contribution is -2.33. The van der Waals surface area contributed by atoms with Gasteiger partial charge in [-0.05, 0) is 31.0 Å². The number of nitrogens with one attached hydrogen (secondary N) is 2. The van der Waals surface area contributed by atoms with E-state index in [1.807, 2.05) is 7.05 Å². The number of hydrogen-bond donors (Lipinski definition) is 2. The van der Waals surface area contributed by atoms with E-state index in [1.165, 1.54) is 24.6 Å². The Hall–Kier alpha value is -2.75. The van der Waals surface area contributed by atoms with E-state index in [0.29, 0.717) is 39.8 Å². The summed E-state index contributed by atoms with van der Waals surface area (Å²) in [6.07, 6.45) is 4.49. The number of aromatic nitrogens is 3. The zero-order chi connectivity index (χ0) is 20.2. The zero-order valence-corrected chi connectivity index (χ0v) is 17.0. The third-order valence-corrected chi connectivity index (χ3v) is 6.04. The number of rotatable bonds is 7. The number of nitrogens with zero attached hydrogens (tertiary/aromatic N) is 3. The number of hydrogen-bond acceptors (Lipinski definition) is 7. The predicted molar refractivity (Wildman–Crippen MR) is 106 cm³/mol. The highest BCUT2D eigenvalue weighted by Crippen LogP contribution is 2.32. The molecule has 1 aromatic heterocycles. The van der Waals surface area contributed by atoms with Crippen LogP contribution in [-0.4, -0.2) is 45.2 Å². The minimum atomic E-state index is -0.239. The van der Waals surface area contributed by atoms with Gasteiger partial charge < -0.3 is 24.7 Å². The molecule has 0 unspecified atom stereocenters. The SMILES string of the molecule is Cn1c(CNC(=O)c2ccc3c(c2)OCO3)nnc1SCC(=O)NC1CCCC1. The van der Waals surface area contributed by atoms with Crippen LogP contribution < -0.4 is 20.1 Å². The number of carbonyl (C=O) groups is 2. The normalized spacial score (nSPS) is 15.5. The van der Waals surface area contributed by atoms with Crippen molar-refractivity contribution in [1.29, 1.82) is 0 Å². The molecule has 9 nitrogen and oxygen atoms in total. The minimum Gasteiger partial charge on any atom is -0.454 e. The summed E-state index contributed by atoms with van der Waals surface area (Å²) >= 11 is 1.34. The first-order valence-corrected chi connectivity index (χ1v) is 10.6. The molecule has 10 heteroatoms. The van der Waals surface area contributed by atoms with Gasteiger partial charge in [-0.25, -0.2) is 0 Å². The van der Waals surface area contributed by atoms with Crippen molar-refractivity contribution in [3.8, 4) is 11.5 Å². The number of thioether (sulfide) groups is 1. The molecule has 29 heavy (non-hydrogen) atoms. The van der Waals surface area contributed by atoms with Crippen LogP contribution in [0.25, 0.3) is 0 Å². The second-order valence-electron chi connectivity index (χ2n) is 7.05. The number of benzene rings is 1. The van der Waals surface area contributed by atoms with E-state index >= 15 is 0 Å². The molecule has 0 radical (unpaired) electrons. The van der Waals surface area contributed by atoms with Crippen LogP contribution in [0.1, 0.15) is 41.9 Å². The minimum absolute atomic E-state index is 0.0163. The number of ether oxygens (including phenoxy) is 2. The lowest BCUT2D eigenvalue weighted by Gasteiger charge is -2.11. The summed E-state index contributed by atoms with van der Waals surface area (Å²) in [5, 5.41) is 14.8. The molecule has 2 amide bonds. The van der Waals surface area contributed by atoms with Gasteiger partial charge in [0.1, 0.15) is 0 Å². The fourth-order valence-electron chi connectivity index (χ4n) is 3.39. The average molecular weight is 417 g/mol. The fourth-order valence-corrected chi connectivity index (χ4v) is 4.13. The molecule has 0 spiro atoms. The molecule has 0 bridgehead atoms. The van der Waals surface area contributed by atoms with E-state index in [0.717, 1.165) is 12.8 Å². The third kappa shape index (κ3) is 4.64. The molecule has 4 rings (SSSR count). The molecule has 2 heterocycles. The Morgan fingerprint density at radius 1 is 1.21 bits per heavy atom. The van der Waals surface area contributed by atoms with Crippen LogP contribution in [0.5, 0.6) is 11.5 Å². The van der Waals surface area contributed by atoms with Crippen molar-refractivity contribution in [3.05, 3.63) is 29.6 Å². The fraction of sp³-hybridized carbons (Fsp3) is 0.474. The highest BCUT2D eigenvalue weighted by atomic mass is 32.2. The Balaban J connectivity index is 1.28. The van der Waals surface area contributed by atoms with Gasteiger partial charge in [-0.2, -0.15) is 0 Å². The molecule has 0 saturated heterocycles. The Kier molecular flexibility index (Phi) is 5.89. The second kappa shape index (κ2) is 8.73. The van der Waals surface area contributed by atoms with Crippen molar-refractivity contribution in [3.63, 3.8) is 0 Å². The Morgan fingerprint density at radius 3 is 2.83 bits per heavy atom. The van der Waals surface area contributed by atoms with Gasteiger partial charge in [0.15, 0.2) is 22.5 Å². The summed E-state index contributed by atoms with van der Waals surface area (Å²) in [6.45, 7) is 0.393. The molecule has 2 aromatic rings. The highest BCUT2D eigenvalue weighted by molar-refractivity contribution is 7.99. The van der Waals surface area contributed by atoms with Crippen molar-refractivity contribution in [2.45, 2.75) is 43.4 Å². The van der Waals surface area contributed by atoms with Gasteiger partial charge in [0.2, 0.25) is 12.7 Å². The predicted octanol–water partition coefficient (Wildman–Crippen LogP) is 1.62. The van der Waals surface area contributed by atoms with E-state index in [1.54, 1.807) is 22.8 Å². The molecule has 154 valence electrons. The summed E-state index contributed by atoms with van der Waals surface area (Å²) in [6, 6.07) is 5.36. The molecule has 2 aliphatic rings. The van der Waals surface area contributed by atoms with Crippen molar-refractivity contribution >= 4 is 23.6 Å². The van der Waals surface area contributed by atoms with E-state index in [9.17, 15) is 9.59 Å². The van der Waals surface area contributed by atoms with Crippen molar-refractivity contribution < 1.29 is 19.1 Å². The van der Waals surface area contributed by atoms with E-state index in [2.05, 4.69) is 20.8 Å². The van der Waals surface area contributed by atoms with Crippen molar-refractivity contribution in [2.24, 2.45) is 7.05 Å². The van der Waals surface area contributed by atoms with Crippen LogP contribution in [0, 0.1) is 0 Å². The molecule has 0 atom stereocenters. The standard InChI is InChI=1S/C19H23N5O4S/c1-24-16(9-20-18(26)12-6-7-14-15(8-12)28-11-27-14)22-23-19(24)29-10-17(25)21-13-4-2-3-5-13/h6-8,13H,2-5,9-11H2,1H3,(H,20,26)(H,21,25). The van der Waals surface area contributed by atoms with Crippen molar-refractivity contribution in [1.82, 2.24) is 25.4 Å². The first-order chi connectivity index (χ1) is 14.1. The van der Waals surface area contributed by atoms with E-state index in [-0.39, 0.29) is 25.2 Å². The summed E-state index contributed by atoms with van der Waals surface area (Å²) in [5.41, 5.74) is 0.481. The lowest BCUT2D eigenvalue weighted by molar-refractivity contribution is -0.119. The number of fused-ring (bicyclic) bond motifs is 1. The molecule has 1 aliphatic carbocycles. The number of amides is 2. The van der Waals surface area contributed by atoms with Crippen LogP contribution in [0.4, 0.5) is 0 Å².